The largest absolute Gasteiger partial charge is 0.364 e. The van der Waals surface area contributed by atoms with E-state index in [4.69, 9.17) is 0 Å². The van der Waals surface area contributed by atoms with Crippen LogP contribution in [0.2, 0.25) is 0 Å². The van der Waals surface area contributed by atoms with Crippen molar-refractivity contribution in [2.75, 3.05) is 18.0 Å². The molecule has 0 radical (unpaired) electrons. The minimum absolute atomic E-state index is 0.0411. The fourth-order valence-corrected chi connectivity index (χ4v) is 2.62. The van der Waals surface area contributed by atoms with Gasteiger partial charge in [-0.25, -0.2) is 0 Å². The van der Waals surface area contributed by atoms with Crippen molar-refractivity contribution in [1.82, 2.24) is 5.32 Å². The van der Waals surface area contributed by atoms with Crippen molar-refractivity contribution >= 4 is 17.3 Å². The van der Waals surface area contributed by atoms with Crippen LogP contribution in [0.25, 0.3) is 0 Å². The lowest BCUT2D eigenvalue weighted by Crippen LogP contribution is -2.49. The van der Waals surface area contributed by atoms with Crippen LogP contribution in [0.15, 0.2) is 18.2 Å². The number of nitrogens with one attached hydrogen (secondary N) is 1. The highest BCUT2D eigenvalue weighted by Crippen LogP contribution is 2.32. The van der Waals surface area contributed by atoms with Crippen molar-refractivity contribution < 1.29 is 14.1 Å². The van der Waals surface area contributed by atoms with E-state index in [0.29, 0.717) is 13.1 Å². The van der Waals surface area contributed by atoms with Crippen molar-refractivity contribution in [2.24, 2.45) is 5.92 Å². The first kappa shape index (κ1) is 16.2. The molecule has 1 fully saturated rings. The van der Waals surface area contributed by atoms with Crippen molar-refractivity contribution in [2.45, 2.75) is 32.7 Å². The molecule has 1 heterocycles. The number of benzene rings is 1. The first-order valence-corrected chi connectivity index (χ1v) is 7.38. The molecule has 120 valence electrons. The summed E-state index contributed by atoms with van der Waals surface area (Å²) in [5, 5.41) is 14.0. The molecule has 1 aromatic carbocycles. The van der Waals surface area contributed by atoms with Gasteiger partial charge in [-0.2, -0.15) is 4.39 Å². The summed E-state index contributed by atoms with van der Waals surface area (Å²) in [6, 6.07) is 4.03. The van der Waals surface area contributed by atoms with E-state index in [0.717, 1.165) is 18.9 Å². The van der Waals surface area contributed by atoms with Crippen molar-refractivity contribution in [3.8, 4) is 0 Å². The third-order valence-electron chi connectivity index (χ3n) is 3.78. The zero-order valence-corrected chi connectivity index (χ0v) is 12.7. The Morgan fingerprint density at radius 3 is 2.86 bits per heavy atom. The molecule has 1 atom stereocenters. The molecule has 0 aromatic heterocycles. The van der Waals surface area contributed by atoms with Crippen LogP contribution >= 0.6 is 0 Å². The SMILES string of the molecule is CC(C)C(=O)NC1CCCN(c2cccc(F)c2[N+](=O)[O-])C1. The molecule has 0 aliphatic carbocycles. The van der Waals surface area contributed by atoms with Crippen molar-refractivity contribution in [3.05, 3.63) is 34.1 Å². The molecule has 1 saturated heterocycles. The number of anilines is 1. The van der Waals surface area contributed by atoms with Gasteiger partial charge in [-0.15, -0.1) is 0 Å². The predicted octanol–water partition coefficient (Wildman–Crippen LogP) is 2.47. The number of nitro groups is 1. The molecule has 22 heavy (non-hydrogen) atoms. The maximum absolute atomic E-state index is 13.7. The molecule has 0 spiro atoms. The number of rotatable bonds is 4. The Morgan fingerprint density at radius 1 is 1.50 bits per heavy atom. The van der Waals surface area contributed by atoms with Gasteiger partial charge in [0.25, 0.3) is 0 Å². The number of halogens is 1. The van der Waals surface area contributed by atoms with Gasteiger partial charge in [0.15, 0.2) is 0 Å². The van der Waals surface area contributed by atoms with E-state index in [-0.39, 0.29) is 23.6 Å². The minimum atomic E-state index is -0.837. The summed E-state index contributed by atoms with van der Waals surface area (Å²) < 4.78 is 13.7. The maximum atomic E-state index is 13.7. The Hall–Kier alpha value is -2.18. The molecule has 1 aliphatic heterocycles. The van der Waals surface area contributed by atoms with E-state index >= 15 is 0 Å². The zero-order chi connectivity index (χ0) is 16.3. The van der Waals surface area contributed by atoms with Crippen LogP contribution in [-0.4, -0.2) is 30.0 Å². The van der Waals surface area contributed by atoms with Gasteiger partial charge in [0.1, 0.15) is 5.69 Å². The number of hydrogen-bond acceptors (Lipinski definition) is 4. The summed E-state index contributed by atoms with van der Waals surface area (Å²) in [4.78, 5) is 24.0. The molecule has 1 aliphatic rings. The van der Waals surface area contributed by atoms with E-state index in [1.807, 2.05) is 13.8 Å². The van der Waals surface area contributed by atoms with Gasteiger partial charge in [0.05, 0.1) is 4.92 Å². The highest BCUT2D eigenvalue weighted by Gasteiger charge is 2.28. The molecule has 0 bridgehead atoms. The van der Waals surface area contributed by atoms with Gasteiger partial charge in [0.2, 0.25) is 11.7 Å². The number of hydrogen-bond donors (Lipinski definition) is 1. The van der Waals surface area contributed by atoms with E-state index in [2.05, 4.69) is 5.32 Å². The minimum Gasteiger partial charge on any atom is -0.364 e. The van der Waals surface area contributed by atoms with E-state index in [1.165, 1.54) is 6.07 Å². The van der Waals surface area contributed by atoms with Crippen LogP contribution in [0.5, 0.6) is 0 Å². The van der Waals surface area contributed by atoms with Gasteiger partial charge in [-0.1, -0.05) is 19.9 Å². The summed E-state index contributed by atoms with van der Waals surface area (Å²) in [6.07, 6.45) is 1.61. The third-order valence-corrected chi connectivity index (χ3v) is 3.78. The number of nitrogens with zero attached hydrogens (tertiary/aromatic N) is 2. The predicted molar refractivity (Wildman–Crippen MR) is 81.3 cm³/mol. The second-order valence-electron chi connectivity index (χ2n) is 5.81. The number of amides is 1. The van der Waals surface area contributed by atoms with Gasteiger partial charge in [-0.05, 0) is 25.0 Å². The summed E-state index contributed by atoms with van der Waals surface area (Å²) in [5.41, 5.74) is -0.230. The standard InChI is InChI=1S/C15H20FN3O3/c1-10(2)15(20)17-11-5-4-8-18(9-11)13-7-3-6-12(16)14(13)19(21)22/h3,6-7,10-11H,4-5,8-9H2,1-2H3,(H,17,20). The molecular formula is C15H20FN3O3. The van der Waals surface area contributed by atoms with Gasteiger partial charge in [0, 0.05) is 25.0 Å². The second kappa shape index (κ2) is 6.72. The average Bonchev–Trinajstić information content (AvgIpc) is 2.46. The van der Waals surface area contributed by atoms with Gasteiger partial charge >= 0.3 is 5.69 Å². The number of piperidine rings is 1. The van der Waals surface area contributed by atoms with Crippen LogP contribution in [0.1, 0.15) is 26.7 Å². The lowest BCUT2D eigenvalue weighted by molar-refractivity contribution is -0.386. The fourth-order valence-electron chi connectivity index (χ4n) is 2.62. The molecule has 1 amide bonds. The summed E-state index contributed by atoms with van der Waals surface area (Å²) in [5.74, 6) is -0.990. The monoisotopic (exact) mass is 309 g/mol. The quantitative estimate of drug-likeness (QED) is 0.685. The first-order chi connectivity index (χ1) is 10.4. The van der Waals surface area contributed by atoms with Crippen LogP contribution < -0.4 is 10.2 Å². The number of para-hydroxylation sites is 1. The maximum Gasteiger partial charge on any atom is 0.327 e. The molecule has 1 N–H and O–H groups in total. The molecular weight excluding hydrogens is 289 g/mol. The number of carbonyl (C=O) groups excluding carboxylic acids is 1. The van der Waals surface area contributed by atoms with Crippen LogP contribution in [-0.2, 0) is 4.79 Å². The molecule has 1 aromatic rings. The first-order valence-electron chi connectivity index (χ1n) is 7.38. The van der Waals surface area contributed by atoms with Gasteiger partial charge < -0.3 is 10.2 Å². The molecule has 7 heteroatoms. The Morgan fingerprint density at radius 2 is 2.23 bits per heavy atom. The number of nitro benzene ring substituents is 1. The molecule has 1 unspecified atom stereocenters. The molecule has 6 nitrogen and oxygen atoms in total. The Bertz CT molecular complexity index is 577. The van der Waals surface area contributed by atoms with Crippen LogP contribution in [0.3, 0.4) is 0 Å². The average molecular weight is 309 g/mol. The smallest absolute Gasteiger partial charge is 0.327 e. The highest BCUT2D eigenvalue weighted by atomic mass is 19.1. The normalized spacial score (nSPS) is 18.4. The molecule has 2 rings (SSSR count). The highest BCUT2D eigenvalue weighted by molar-refractivity contribution is 5.78. The lowest BCUT2D eigenvalue weighted by atomic mass is 10.0. The zero-order valence-electron chi connectivity index (χ0n) is 12.7. The van der Waals surface area contributed by atoms with E-state index in [1.54, 1.807) is 11.0 Å². The van der Waals surface area contributed by atoms with Gasteiger partial charge in [-0.3, -0.25) is 14.9 Å². The Kier molecular flexibility index (Phi) is 4.95. The Balaban J connectivity index is 2.18. The lowest BCUT2D eigenvalue weighted by Gasteiger charge is -2.34. The second-order valence-corrected chi connectivity index (χ2v) is 5.81. The van der Waals surface area contributed by atoms with E-state index < -0.39 is 16.4 Å². The van der Waals surface area contributed by atoms with Crippen LogP contribution in [0, 0.1) is 21.8 Å². The van der Waals surface area contributed by atoms with Crippen LogP contribution in [0.4, 0.5) is 15.8 Å². The van der Waals surface area contributed by atoms with Crippen molar-refractivity contribution in [3.63, 3.8) is 0 Å². The summed E-state index contributed by atoms with van der Waals surface area (Å²) in [6.45, 7) is 4.68. The van der Waals surface area contributed by atoms with E-state index in [9.17, 15) is 19.3 Å². The topological polar surface area (TPSA) is 75.5 Å². The fraction of sp³-hybridized carbons (Fsp3) is 0.533. The van der Waals surface area contributed by atoms with Crippen molar-refractivity contribution in [1.29, 1.82) is 0 Å². The Labute approximate surface area is 128 Å². The molecule has 0 saturated carbocycles. The third kappa shape index (κ3) is 3.52. The summed E-state index contributed by atoms with van der Waals surface area (Å²) in [7, 11) is 0. The number of carbonyl (C=O) groups is 1. The summed E-state index contributed by atoms with van der Waals surface area (Å²) >= 11 is 0.